The molecule has 0 atom stereocenters. The maximum atomic E-state index is 5.92. The van der Waals surface area contributed by atoms with E-state index in [0.29, 0.717) is 24.9 Å². The van der Waals surface area contributed by atoms with Crippen LogP contribution in [0.1, 0.15) is 0 Å². The summed E-state index contributed by atoms with van der Waals surface area (Å²) in [5.74, 6) is 2.75. The zero-order valence-corrected chi connectivity index (χ0v) is 27.8. The third-order valence-electron chi connectivity index (χ3n) is 7.10. The van der Waals surface area contributed by atoms with Crippen molar-refractivity contribution in [2.75, 3.05) is 54.5 Å². The van der Waals surface area contributed by atoms with Gasteiger partial charge in [0.1, 0.15) is 24.7 Å². The Morgan fingerprint density at radius 1 is 0.479 bits per heavy atom. The molecule has 6 rings (SSSR count). The first-order valence-corrected chi connectivity index (χ1v) is 15.7. The van der Waals surface area contributed by atoms with Crippen LogP contribution in [0.2, 0.25) is 0 Å². The first-order chi connectivity index (χ1) is 23.5. The average molecular weight is 641 g/mol. The molecule has 0 bridgehead atoms. The number of nitrogens with zero attached hydrogens (tertiary/aromatic N) is 8. The van der Waals surface area contributed by atoms with Crippen molar-refractivity contribution >= 4 is 0 Å². The normalized spacial score (nSPS) is 10.8. The quantitative estimate of drug-likeness (QED) is 0.152. The second-order valence-corrected chi connectivity index (χ2v) is 11.4. The van der Waals surface area contributed by atoms with Gasteiger partial charge in [-0.15, -0.1) is 10.2 Å². The summed E-state index contributed by atoms with van der Waals surface area (Å²) in [6.07, 6.45) is 3.34. The summed E-state index contributed by atoms with van der Waals surface area (Å²) >= 11 is 0. The number of likely N-dealkylation sites (N-methyl/N-ethyl adjacent to an activating group) is 2. The molecular formula is C38H40N8O2. The van der Waals surface area contributed by atoms with Gasteiger partial charge in [-0.1, -0.05) is 84.9 Å². The molecule has 0 saturated heterocycles. The van der Waals surface area contributed by atoms with Crippen molar-refractivity contribution in [3.05, 3.63) is 122 Å². The summed E-state index contributed by atoms with van der Waals surface area (Å²) in [6.45, 7) is 2.92. The van der Waals surface area contributed by atoms with Crippen LogP contribution in [-0.2, 0) is 0 Å². The lowest BCUT2D eigenvalue weighted by molar-refractivity contribution is 0.262. The Labute approximate surface area is 282 Å². The molecule has 0 amide bonds. The van der Waals surface area contributed by atoms with Crippen LogP contribution in [0.15, 0.2) is 122 Å². The highest BCUT2D eigenvalue weighted by Crippen LogP contribution is 2.30. The molecule has 10 heteroatoms. The van der Waals surface area contributed by atoms with Gasteiger partial charge in [0.25, 0.3) is 0 Å². The molecule has 48 heavy (non-hydrogen) atoms. The molecule has 4 aromatic carbocycles. The van der Waals surface area contributed by atoms with E-state index in [0.717, 1.165) is 58.2 Å². The minimum Gasteiger partial charge on any atom is -0.492 e. The number of rotatable bonds is 12. The van der Waals surface area contributed by atoms with E-state index in [1.165, 1.54) is 0 Å². The third kappa shape index (κ3) is 9.71. The Balaban J connectivity index is 0.000000188. The summed E-state index contributed by atoms with van der Waals surface area (Å²) in [4.78, 5) is 13.5. The van der Waals surface area contributed by atoms with Gasteiger partial charge in [-0.25, -0.2) is 9.97 Å². The second kappa shape index (κ2) is 17.4. The molecule has 10 nitrogen and oxygen atoms in total. The van der Waals surface area contributed by atoms with E-state index < -0.39 is 0 Å². The minimum absolute atomic E-state index is 0.566. The summed E-state index contributed by atoms with van der Waals surface area (Å²) < 4.78 is 11.8. The highest BCUT2D eigenvalue weighted by atomic mass is 16.5. The van der Waals surface area contributed by atoms with E-state index in [9.17, 15) is 0 Å². The maximum absolute atomic E-state index is 5.92. The van der Waals surface area contributed by atoms with E-state index in [2.05, 4.69) is 40.2 Å². The van der Waals surface area contributed by atoms with Crippen molar-refractivity contribution in [1.29, 1.82) is 0 Å². The van der Waals surface area contributed by atoms with Crippen LogP contribution < -0.4 is 9.47 Å². The highest BCUT2D eigenvalue weighted by Gasteiger charge is 2.12. The van der Waals surface area contributed by atoms with Crippen LogP contribution in [0, 0.1) is 0 Å². The Morgan fingerprint density at radius 3 is 1.54 bits per heavy atom. The van der Waals surface area contributed by atoms with E-state index in [1.807, 2.05) is 137 Å². The smallest absolute Gasteiger partial charge is 0.186 e. The predicted octanol–water partition coefficient (Wildman–Crippen LogP) is 6.29. The monoisotopic (exact) mass is 640 g/mol. The first-order valence-electron chi connectivity index (χ1n) is 15.7. The minimum atomic E-state index is 0.566. The Hall–Kier alpha value is -5.58. The molecule has 0 fully saturated rings. The summed E-state index contributed by atoms with van der Waals surface area (Å²) in [7, 11) is 8.09. The Kier molecular flexibility index (Phi) is 12.2. The molecule has 0 radical (unpaired) electrons. The van der Waals surface area contributed by atoms with Gasteiger partial charge in [0.05, 0.1) is 29.3 Å². The van der Waals surface area contributed by atoms with Gasteiger partial charge >= 0.3 is 0 Å². The number of hydrogen-bond acceptors (Lipinski definition) is 10. The zero-order chi connectivity index (χ0) is 33.6. The van der Waals surface area contributed by atoms with Gasteiger partial charge in [-0.05, 0) is 52.5 Å². The molecule has 0 aliphatic heterocycles. The van der Waals surface area contributed by atoms with E-state index in [-0.39, 0.29) is 0 Å². The lowest BCUT2D eigenvalue weighted by Gasteiger charge is -2.13. The fourth-order valence-corrected chi connectivity index (χ4v) is 4.57. The first kappa shape index (κ1) is 33.8. The number of para-hydroxylation sites is 2. The Bertz CT molecular complexity index is 1720. The fourth-order valence-electron chi connectivity index (χ4n) is 4.57. The van der Waals surface area contributed by atoms with Crippen molar-refractivity contribution in [3.63, 3.8) is 0 Å². The molecule has 0 saturated carbocycles. The molecule has 2 aromatic heterocycles. The van der Waals surface area contributed by atoms with E-state index >= 15 is 0 Å². The van der Waals surface area contributed by atoms with Gasteiger partial charge < -0.3 is 19.3 Å². The number of benzene rings is 4. The number of hydrogen-bond donors (Lipinski definition) is 0. The van der Waals surface area contributed by atoms with Crippen LogP contribution in [0.25, 0.3) is 45.3 Å². The molecule has 0 N–H and O–H groups in total. The second-order valence-electron chi connectivity index (χ2n) is 11.4. The predicted molar refractivity (Wildman–Crippen MR) is 189 cm³/mol. The van der Waals surface area contributed by atoms with E-state index in [4.69, 9.17) is 9.47 Å². The van der Waals surface area contributed by atoms with Gasteiger partial charge in [0, 0.05) is 29.8 Å². The molecule has 0 aliphatic rings. The molecule has 0 aliphatic carbocycles. The zero-order valence-electron chi connectivity index (χ0n) is 27.8. The number of aromatic nitrogens is 6. The van der Waals surface area contributed by atoms with Gasteiger partial charge in [0.2, 0.25) is 0 Å². The lowest BCUT2D eigenvalue weighted by atomic mass is 10.1. The van der Waals surface area contributed by atoms with Crippen LogP contribution in [0.5, 0.6) is 11.5 Å². The molecule has 2 heterocycles. The van der Waals surface area contributed by atoms with Crippen molar-refractivity contribution < 1.29 is 9.47 Å². The highest BCUT2D eigenvalue weighted by molar-refractivity contribution is 5.69. The van der Waals surface area contributed by atoms with Crippen molar-refractivity contribution in [1.82, 2.24) is 40.2 Å². The maximum Gasteiger partial charge on any atom is 0.186 e. The number of ether oxygens (including phenoxy) is 2. The van der Waals surface area contributed by atoms with Crippen molar-refractivity contribution in [2.45, 2.75) is 0 Å². The van der Waals surface area contributed by atoms with Crippen molar-refractivity contribution in [2.24, 2.45) is 0 Å². The van der Waals surface area contributed by atoms with Crippen LogP contribution >= 0.6 is 0 Å². The largest absolute Gasteiger partial charge is 0.492 e. The van der Waals surface area contributed by atoms with Crippen LogP contribution in [0.3, 0.4) is 0 Å². The van der Waals surface area contributed by atoms with Crippen LogP contribution in [-0.4, -0.2) is 94.7 Å². The van der Waals surface area contributed by atoms with Crippen molar-refractivity contribution in [3.8, 4) is 56.8 Å². The Morgan fingerprint density at radius 2 is 0.938 bits per heavy atom. The third-order valence-corrected chi connectivity index (χ3v) is 7.10. The standard InChI is InChI=1S/2C19H20N4O/c1-23(2)12-13-24-18-11-7-6-10-16(18)17-14-20-22-19(21-17)15-8-4-3-5-9-15;1-23(2)12-13-24-18-11-7-6-10-16(18)19-21-17(14-20-22-19)15-8-4-3-5-9-15/h2*3-11,14H,12-13H2,1-2H3. The van der Waals surface area contributed by atoms with Gasteiger partial charge in [0.15, 0.2) is 11.6 Å². The van der Waals surface area contributed by atoms with Crippen LogP contribution in [0.4, 0.5) is 0 Å². The van der Waals surface area contributed by atoms with Gasteiger partial charge in [-0.3, -0.25) is 0 Å². The summed E-state index contributed by atoms with van der Waals surface area (Å²) in [5.41, 5.74) is 5.27. The fraction of sp³-hybridized carbons (Fsp3) is 0.211. The molecular weight excluding hydrogens is 600 g/mol. The SMILES string of the molecule is CN(C)CCOc1ccccc1-c1cnnc(-c2ccccc2)n1.CN(C)CCOc1ccccc1-c1nncc(-c2ccccc2)n1. The van der Waals surface area contributed by atoms with E-state index in [1.54, 1.807) is 12.4 Å². The summed E-state index contributed by atoms with van der Waals surface area (Å²) in [6, 6.07) is 35.5. The molecule has 6 aromatic rings. The summed E-state index contributed by atoms with van der Waals surface area (Å²) in [5, 5.41) is 16.6. The lowest BCUT2D eigenvalue weighted by Crippen LogP contribution is -2.19. The van der Waals surface area contributed by atoms with Gasteiger partial charge in [-0.2, -0.15) is 10.2 Å². The molecule has 244 valence electrons. The average Bonchev–Trinajstić information content (AvgIpc) is 3.13. The topological polar surface area (TPSA) is 102 Å². The molecule has 0 spiro atoms. The molecule has 0 unspecified atom stereocenters.